The quantitative estimate of drug-likeness (QED) is 0.495. The van der Waals surface area contributed by atoms with Crippen molar-refractivity contribution in [3.05, 3.63) is 77.9 Å². The molecule has 168 valence electrons. The number of fused-ring (bicyclic) bond motifs is 1. The first kappa shape index (κ1) is 22.5. The van der Waals surface area contributed by atoms with E-state index >= 15 is 0 Å². The predicted octanol–water partition coefficient (Wildman–Crippen LogP) is 3.20. The summed E-state index contributed by atoms with van der Waals surface area (Å²) in [5, 5.41) is 10.6. The van der Waals surface area contributed by atoms with Crippen molar-refractivity contribution in [3.63, 3.8) is 0 Å². The number of nitrogens with two attached hydrogens (primary N) is 1. The Kier molecular flexibility index (Phi) is 6.89. The molecule has 0 aromatic heterocycles. The third-order valence-electron chi connectivity index (χ3n) is 5.93. The van der Waals surface area contributed by atoms with Gasteiger partial charge in [-0.25, -0.2) is 13.6 Å². The Labute approximate surface area is 189 Å². The molecule has 0 radical (unpaired) electrons. The maximum atomic E-state index is 12.4. The third kappa shape index (κ3) is 5.94. The minimum atomic E-state index is -3.68. The van der Waals surface area contributed by atoms with Crippen LogP contribution in [0.3, 0.4) is 0 Å². The summed E-state index contributed by atoms with van der Waals surface area (Å²) in [6, 6.07) is 21.9. The summed E-state index contributed by atoms with van der Waals surface area (Å²) in [5.74, 6) is 0.0368. The van der Waals surface area contributed by atoms with Crippen LogP contribution in [0.2, 0.25) is 0 Å². The van der Waals surface area contributed by atoms with Gasteiger partial charge in [-0.3, -0.25) is 9.69 Å². The van der Waals surface area contributed by atoms with Gasteiger partial charge < -0.3 is 5.32 Å². The summed E-state index contributed by atoms with van der Waals surface area (Å²) in [4.78, 5) is 14.9. The van der Waals surface area contributed by atoms with Crippen LogP contribution in [0.1, 0.15) is 30.4 Å². The molecule has 1 aliphatic rings. The minimum Gasteiger partial charge on any atom is -0.356 e. The monoisotopic (exact) mass is 451 g/mol. The Morgan fingerprint density at radius 2 is 1.72 bits per heavy atom. The summed E-state index contributed by atoms with van der Waals surface area (Å²) in [7, 11) is -3.68. The van der Waals surface area contributed by atoms with Crippen molar-refractivity contribution in [1.29, 1.82) is 0 Å². The van der Waals surface area contributed by atoms with E-state index in [1.807, 2.05) is 0 Å². The van der Waals surface area contributed by atoms with Crippen molar-refractivity contribution in [3.8, 4) is 0 Å². The van der Waals surface area contributed by atoms with E-state index in [4.69, 9.17) is 5.14 Å². The first-order valence-electron chi connectivity index (χ1n) is 11.0. The summed E-state index contributed by atoms with van der Waals surface area (Å²) in [5.41, 5.74) is 2.26. The predicted molar refractivity (Wildman–Crippen MR) is 127 cm³/mol. The molecule has 0 saturated heterocycles. The normalized spacial score (nSPS) is 14.1. The highest BCUT2D eigenvalue weighted by Crippen LogP contribution is 2.30. The molecule has 6 nitrogen and oxygen atoms in total. The van der Waals surface area contributed by atoms with Gasteiger partial charge in [0, 0.05) is 32.1 Å². The van der Waals surface area contributed by atoms with E-state index in [0.29, 0.717) is 25.4 Å². The van der Waals surface area contributed by atoms with Gasteiger partial charge in [-0.2, -0.15) is 0 Å². The SMILES string of the molecule is NS(=O)(=O)c1ccc(CCNC(=O)CCN(Cc2cccc3ccccc23)C2CC2)cc1. The minimum absolute atomic E-state index is 0.0368. The lowest BCUT2D eigenvalue weighted by molar-refractivity contribution is -0.121. The number of sulfonamides is 1. The second kappa shape index (κ2) is 9.81. The molecule has 1 amide bonds. The first-order valence-corrected chi connectivity index (χ1v) is 12.5. The van der Waals surface area contributed by atoms with Crippen LogP contribution in [0.15, 0.2) is 71.6 Å². The Bertz CT molecular complexity index is 1180. The molecular formula is C25H29N3O3S. The maximum Gasteiger partial charge on any atom is 0.238 e. The molecule has 0 aliphatic heterocycles. The van der Waals surface area contributed by atoms with Gasteiger partial charge in [0.15, 0.2) is 0 Å². The molecule has 3 N–H and O–H groups in total. The van der Waals surface area contributed by atoms with E-state index in [0.717, 1.165) is 18.7 Å². The van der Waals surface area contributed by atoms with Crippen molar-refractivity contribution >= 4 is 26.7 Å². The highest BCUT2D eigenvalue weighted by molar-refractivity contribution is 7.89. The molecule has 0 unspecified atom stereocenters. The van der Waals surface area contributed by atoms with Crippen molar-refractivity contribution < 1.29 is 13.2 Å². The van der Waals surface area contributed by atoms with E-state index in [-0.39, 0.29) is 10.8 Å². The number of carbonyl (C=O) groups is 1. The zero-order valence-electron chi connectivity index (χ0n) is 18.0. The molecule has 32 heavy (non-hydrogen) atoms. The second-order valence-corrected chi connectivity index (χ2v) is 9.94. The molecule has 3 aromatic carbocycles. The van der Waals surface area contributed by atoms with E-state index in [1.165, 1.54) is 41.3 Å². The molecule has 7 heteroatoms. The number of amides is 1. The topological polar surface area (TPSA) is 92.5 Å². The van der Waals surface area contributed by atoms with Gasteiger partial charge in [0.05, 0.1) is 4.90 Å². The number of rotatable bonds is 10. The van der Waals surface area contributed by atoms with Crippen molar-refractivity contribution in [2.24, 2.45) is 5.14 Å². The zero-order chi connectivity index (χ0) is 22.6. The lowest BCUT2D eigenvalue weighted by Crippen LogP contribution is -2.32. The molecular weight excluding hydrogens is 422 g/mol. The Hall–Kier alpha value is -2.74. The highest BCUT2D eigenvalue weighted by Gasteiger charge is 2.29. The van der Waals surface area contributed by atoms with Gasteiger partial charge >= 0.3 is 0 Å². The largest absolute Gasteiger partial charge is 0.356 e. The summed E-state index contributed by atoms with van der Waals surface area (Å²) >= 11 is 0. The smallest absolute Gasteiger partial charge is 0.238 e. The Morgan fingerprint density at radius 3 is 2.44 bits per heavy atom. The second-order valence-electron chi connectivity index (χ2n) is 8.38. The molecule has 3 aromatic rings. The standard InChI is InChI=1S/C25H29N3O3S/c26-32(30,31)23-12-8-19(9-13-23)14-16-27-25(29)15-17-28(22-10-11-22)18-21-6-3-5-20-4-1-2-7-24(20)21/h1-9,12-13,22H,10-11,14-18H2,(H,27,29)(H2,26,30,31). The lowest BCUT2D eigenvalue weighted by Gasteiger charge is -2.22. The van der Waals surface area contributed by atoms with Crippen LogP contribution in [0.5, 0.6) is 0 Å². The molecule has 0 heterocycles. The van der Waals surface area contributed by atoms with Crippen molar-refractivity contribution in [2.75, 3.05) is 13.1 Å². The molecule has 1 fully saturated rings. The van der Waals surface area contributed by atoms with Crippen LogP contribution in [0.25, 0.3) is 10.8 Å². The van der Waals surface area contributed by atoms with Gasteiger partial charge in [0.1, 0.15) is 0 Å². The van der Waals surface area contributed by atoms with Gasteiger partial charge in [-0.1, -0.05) is 54.6 Å². The molecule has 1 saturated carbocycles. The van der Waals surface area contributed by atoms with Gasteiger partial charge in [0.25, 0.3) is 0 Å². The van der Waals surface area contributed by atoms with E-state index in [1.54, 1.807) is 12.1 Å². The number of hydrogen-bond acceptors (Lipinski definition) is 4. The fourth-order valence-corrected chi connectivity index (χ4v) is 4.52. The first-order chi connectivity index (χ1) is 15.4. The van der Waals surface area contributed by atoms with Crippen LogP contribution >= 0.6 is 0 Å². The number of nitrogens with one attached hydrogen (secondary N) is 1. The lowest BCUT2D eigenvalue weighted by atomic mass is 10.0. The maximum absolute atomic E-state index is 12.4. The van der Waals surface area contributed by atoms with E-state index in [2.05, 4.69) is 52.7 Å². The third-order valence-corrected chi connectivity index (χ3v) is 6.86. The van der Waals surface area contributed by atoms with Crippen molar-refractivity contribution in [2.45, 2.75) is 43.2 Å². The number of primary sulfonamides is 1. The number of carbonyl (C=O) groups excluding carboxylic acids is 1. The Morgan fingerprint density at radius 1 is 1.00 bits per heavy atom. The number of nitrogens with zero attached hydrogens (tertiary/aromatic N) is 1. The molecule has 1 aliphatic carbocycles. The van der Waals surface area contributed by atoms with Crippen LogP contribution in [0, 0.1) is 0 Å². The molecule has 4 rings (SSSR count). The van der Waals surface area contributed by atoms with Crippen LogP contribution < -0.4 is 10.5 Å². The van der Waals surface area contributed by atoms with Crippen LogP contribution in [0.4, 0.5) is 0 Å². The van der Waals surface area contributed by atoms with Crippen LogP contribution in [-0.4, -0.2) is 38.4 Å². The molecule has 0 spiro atoms. The van der Waals surface area contributed by atoms with Crippen molar-refractivity contribution in [1.82, 2.24) is 10.2 Å². The average Bonchev–Trinajstić information content (AvgIpc) is 3.62. The van der Waals surface area contributed by atoms with Gasteiger partial charge in [0.2, 0.25) is 15.9 Å². The van der Waals surface area contributed by atoms with Crippen LogP contribution in [-0.2, 0) is 27.8 Å². The Balaban J connectivity index is 1.26. The average molecular weight is 452 g/mol. The summed E-state index contributed by atoms with van der Waals surface area (Å²) < 4.78 is 22.6. The van der Waals surface area contributed by atoms with Gasteiger partial charge in [-0.15, -0.1) is 0 Å². The highest BCUT2D eigenvalue weighted by atomic mass is 32.2. The van der Waals surface area contributed by atoms with E-state index in [9.17, 15) is 13.2 Å². The number of benzene rings is 3. The molecule has 0 bridgehead atoms. The molecule has 0 atom stereocenters. The summed E-state index contributed by atoms with van der Waals surface area (Å²) in [6.07, 6.45) is 3.49. The fraction of sp³-hybridized carbons (Fsp3) is 0.320. The van der Waals surface area contributed by atoms with Gasteiger partial charge in [-0.05, 0) is 53.3 Å². The number of hydrogen-bond donors (Lipinski definition) is 2. The zero-order valence-corrected chi connectivity index (χ0v) is 18.9. The van der Waals surface area contributed by atoms with E-state index < -0.39 is 10.0 Å². The summed E-state index contributed by atoms with van der Waals surface area (Å²) in [6.45, 7) is 2.11. The fourth-order valence-electron chi connectivity index (χ4n) is 4.01.